The zero-order valence-corrected chi connectivity index (χ0v) is 11.9. The highest BCUT2D eigenvalue weighted by Crippen LogP contribution is 2.31. The molecule has 4 aromatic rings. The second kappa shape index (κ2) is 4.92. The van der Waals surface area contributed by atoms with Crippen LogP contribution in [0.3, 0.4) is 0 Å². The van der Waals surface area contributed by atoms with Crippen molar-refractivity contribution in [2.24, 2.45) is 0 Å². The molecule has 0 aliphatic rings. The van der Waals surface area contributed by atoms with Gasteiger partial charge >= 0.3 is 0 Å². The van der Waals surface area contributed by atoms with E-state index in [0.29, 0.717) is 27.7 Å². The Kier molecular flexibility index (Phi) is 2.88. The summed E-state index contributed by atoms with van der Waals surface area (Å²) >= 11 is 0. The molecule has 4 rings (SSSR count). The molecule has 0 atom stereocenters. The molecule has 2 nitrogen and oxygen atoms in total. The van der Waals surface area contributed by atoms with Gasteiger partial charge in [-0.2, -0.15) is 0 Å². The molecule has 2 aromatic heterocycles. The van der Waals surface area contributed by atoms with Crippen LogP contribution in [0.2, 0.25) is 0 Å². The van der Waals surface area contributed by atoms with Gasteiger partial charge in [-0.25, -0.2) is 13.8 Å². The van der Waals surface area contributed by atoms with Gasteiger partial charge in [0.2, 0.25) is 0 Å². The third-order valence-corrected chi connectivity index (χ3v) is 3.84. The summed E-state index contributed by atoms with van der Waals surface area (Å²) < 4.78 is 27.2. The summed E-state index contributed by atoms with van der Waals surface area (Å²) in [5, 5.41) is 1.49. The van der Waals surface area contributed by atoms with E-state index in [4.69, 9.17) is 6.42 Å². The Morgan fingerprint density at radius 1 is 1.00 bits per heavy atom. The first-order valence-electron chi connectivity index (χ1n) is 6.99. The highest BCUT2D eigenvalue weighted by atomic mass is 19.1. The van der Waals surface area contributed by atoms with Crippen LogP contribution in [0, 0.1) is 24.0 Å². The number of terminal acetylenes is 1. The maximum atomic E-state index is 13.8. The maximum absolute atomic E-state index is 13.8. The van der Waals surface area contributed by atoms with Crippen LogP contribution in [0.1, 0.15) is 5.56 Å². The molecule has 0 amide bonds. The molecule has 0 aliphatic heterocycles. The number of aromatic amines is 1. The van der Waals surface area contributed by atoms with E-state index in [-0.39, 0.29) is 5.82 Å². The Balaban J connectivity index is 1.99. The minimum Gasteiger partial charge on any atom is -0.359 e. The molecule has 1 N–H and O–H groups in total. The minimum atomic E-state index is -0.405. The zero-order valence-electron chi connectivity index (χ0n) is 11.9. The predicted octanol–water partition coefficient (Wildman–Crippen LogP) is 4.64. The van der Waals surface area contributed by atoms with E-state index in [9.17, 15) is 8.78 Å². The molecule has 0 radical (unpaired) electrons. The van der Waals surface area contributed by atoms with Crippen LogP contribution in [0.5, 0.6) is 0 Å². The summed E-state index contributed by atoms with van der Waals surface area (Å²) in [4.78, 5) is 7.55. The van der Waals surface area contributed by atoms with Crippen LogP contribution in [0.15, 0.2) is 48.7 Å². The van der Waals surface area contributed by atoms with Gasteiger partial charge < -0.3 is 4.98 Å². The third-order valence-electron chi connectivity index (χ3n) is 3.84. The van der Waals surface area contributed by atoms with Gasteiger partial charge in [0.15, 0.2) is 0 Å². The number of aromatic nitrogens is 2. The molecule has 0 saturated heterocycles. The van der Waals surface area contributed by atoms with Crippen molar-refractivity contribution in [2.45, 2.75) is 0 Å². The first-order chi connectivity index (χ1) is 11.2. The van der Waals surface area contributed by atoms with E-state index < -0.39 is 5.82 Å². The lowest BCUT2D eigenvalue weighted by molar-refractivity contribution is 0.629. The fraction of sp³-hybridized carbons (Fsp3) is 0. The number of nitrogens with one attached hydrogen (secondary N) is 1. The van der Waals surface area contributed by atoms with Gasteiger partial charge in [0.1, 0.15) is 11.6 Å². The van der Waals surface area contributed by atoms with E-state index >= 15 is 0 Å². The van der Waals surface area contributed by atoms with Gasteiger partial charge in [-0.15, -0.1) is 6.42 Å². The van der Waals surface area contributed by atoms with Crippen molar-refractivity contribution < 1.29 is 8.78 Å². The topological polar surface area (TPSA) is 28.7 Å². The second-order valence-electron chi connectivity index (χ2n) is 5.26. The van der Waals surface area contributed by atoms with Gasteiger partial charge in [-0.1, -0.05) is 12.0 Å². The quantitative estimate of drug-likeness (QED) is 0.510. The van der Waals surface area contributed by atoms with Crippen molar-refractivity contribution in [2.75, 3.05) is 0 Å². The van der Waals surface area contributed by atoms with Gasteiger partial charge in [-0.3, -0.25) is 0 Å². The lowest BCUT2D eigenvalue weighted by Crippen LogP contribution is -1.87. The molecule has 0 bridgehead atoms. The molecule has 0 aliphatic carbocycles. The second-order valence-corrected chi connectivity index (χ2v) is 5.26. The summed E-state index contributed by atoms with van der Waals surface area (Å²) in [6, 6.07) is 10.9. The number of benzene rings is 2. The fourth-order valence-electron chi connectivity index (χ4n) is 2.76. The number of hydrogen-bond donors (Lipinski definition) is 1. The molecular formula is C19H10F2N2. The van der Waals surface area contributed by atoms with E-state index in [1.807, 2.05) is 12.1 Å². The SMILES string of the molecule is C#Cc1cc(F)cc2c(-c3ccc4ccc(F)cc4n3)c[nH]c12. The Morgan fingerprint density at radius 2 is 1.83 bits per heavy atom. The molecule has 0 saturated carbocycles. The van der Waals surface area contributed by atoms with Crippen molar-refractivity contribution in [3.63, 3.8) is 0 Å². The van der Waals surface area contributed by atoms with Gasteiger partial charge in [0, 0.05) is 28.6 Å². The number of nitrogens with zero attached hydrogens (tertiary/aromatic N) is 1. The van der Waals surface area contributed by atoms with Gasteiger partial charge in [-0.05, 0) is 30.3 Å². The molecule has 2 heterocycles. The molecule has 0 fully saturated rings. The number of hydrogen-bond acceptors (Lipinski definition) is 1. The Labute approximate surface area is 130 Å². The summed E-state index contributed by atoms with van der Waals surface area (Å²) in [5.74, 6) is 1.72. The number of halogens is 2. The van der Waals surface area contributed by atoms with E-state index in [2.05, 4.69) is 15.9 Å². The average molecular weight is 304 g/mol. The maximum Gasteiger partial charge on any atom is 0.125 e. The molecule has 110 valence electrons. The smallest absolute Gasteiger partial charge is 0.125 e. The van der Waals surface area contributed by atoms with Crippen molar-refractivity contribution in [3.05, 3.63) is 65.9 Å². The normalized spacial score (nSPS) is 11.0. The number of fused-ring (bicyclic) bond motifs is 2. The number of H-pyrrole nitrogens is 1. The highest BCUT2D eigenvalue weighted by Gasteiger charge is 2.12. The van der Waals surface area contributed by atoms with E-state index in [1.165, 1.54) is 24.3 Å². The number of pyridine rings is 1. The average Bonchev–Trinajstić information content (AvgIpc) is 2.97. The van der Waals surface area contributed by atoms with Crippen LogP contribution in [0.25, 0.3) is 33.1 Å². The largest absolute Gasteiger partial charge is 0.359 e. The molecule has 2 aromatic carbocycles. The van der Waals surface area contributed by atoms with Crippen LogP contribution < -0.4 is 0 Å². The van der Waals surface area contributed by atoms with E-state index in [0.717, 1.165) is 10.9 Å². The highest BCUT2D eigenvalue weighted by molar-refractivity contribution is 5.98. The van der Waals surface area contributed by atoms with Crippen LogP contribution >= 0.6 is 0 Å². The summed E-state index contributed by atoms with van der Waals surface area (Å²) in [5.41, 5.74) is 3.04. The number of rotatable bonds is 1. The fourth-order valence-corrected chi connectivity index (χ4v) is 2.76. The Bertz CT molecular complexity index is 1100. The van der Waals surface area contributed by atoms with Crippen molar-refractivity contribution in [1.82, 2.24) is 9.97 Å². The standard InChI is InChI=1S/C19H10F2N2/c1-2-11-7-14(21)8-15-16(10-22-19(11)15)17-6-4-12-3-5-13(20)9-18(12)23-17/h1,3-10,22H. The van der Waals surface area contributed by atoms with Gasteiger partial charge in [0.05, 0.1) is 22.3 Å². The van der Waals surface area contributed by atoms with E-state index in [1.54, 1.807) is 12.3 Å². The molecule has 4 heteroatoms. The summed E-state index contributed by atoms with van der Waals surface area (Å²) in [6.45, 7) is 0. The Morgan fingerprint density at radius 3 is 2.65 bits per heavy atom. The van der Waals surface area contributed by atoms with Crippen molar-refractivity contribution in [1.29, 1.82) is 0 Å². The van der Waals surface area contributed by atoms with Crippen LogP contribution in [-0.2, 0) is 0 Å². The predicted molar refractivity (Wildman–Crippen MR) is 86.9 cm³/mol. The third kappa shape index (κ3) is 2.14. The molecule has 0 unspecified atom stereocenters. The Hall–Kier alpha value is -3.19. The monoisotopic (exact) mass is 304 g/mol. The molecule has 23 heavy (non-hydrogen) atoms. The lowest BCUT2D eigenvalue weighted by atomic mass is 10.1. The van der Waals surface area contributed by atoms with Crippen molar-refractivity contribution in [3.8, 4) is 23.6 Å². The molecular weight excluding hydrogens is 294 g/mol. The molecule has 0 spiro atoms. The van der Waals surface area contributed by atoms with Crippen LogP contribution in [-0.4, -0.2) is 9.97 Å². The van der Waals surface area contributed by atoms with Crippen molar-refractivity contribution >= 4 is 21.8 Å². The summed E-state index contributed by atoms with van der Waals surface area (Å²) in [7, 11) is 0. The zero-order chi connectivity index (χ0) is 16.0. The van der Waals surface area contributed by atoms with Crippen LogP contribution in [0.4, 0.5) is 8.78 Å². The first kappa shape index (κ1) is 13.5. The van der Waals surface area contributed by atoms with Gasteiger partial charge in [0.25, 0.3) is 0 Å². The first-order valence-corrected chi connectivity index (χ1v) is 6.99. The lowest BCUT2D eigenvalue weighted by Gasteiger charge is -2.03. The minimum absolute atomic E-state index is 0.346. The summed E-state index contributed by atoms with van der Waals surface area (Å²) in [6.07, 6.45) is 7.16.